The van der Waals surface area contributed by atoms with Crippen LogP contribution in [0, 0.1) is 6.92 Å². The van der Waals surface area contributed by atoms with Gasteiger partial charge >= 0.3 is 0 Å². The highest BCUT2D eigenvalue weighted by molar-refractivity contribution is 5.90. The van der Waals surface area contributed by atoms with Gasteiger partial charge in [-0.1, -0.05) is 19.4 Å². The van der Waals surface area contributed by atoms with Crippen LogP contribution in [-0.4, -0.2) is 21.7 Å². The first-order chi connectivity index (χ1) is 11.4. The number of aryl methyl sites for hydroxylation is 2. The minimum Gasteiger partial charge on any atom is -0.397 e. The topological polar surface area (TPSA) is 121 Å². The molecule has 0 fully saturated rings. The third-order valence-corrected chi connectivity index (χ3v) is 4.10. The van der Waals surface area contributed by atoms with E-state index in [1.165, 1.54) is 4.57 Å². The van der Waals surface area contributed by atoms with Crippen molar-refractivity contribution in [2.45, 2.75) is 45.6 Å². The van der Waals surface area contributed by atoms with Gasteiger partial charge in [0.2, 0.25) is 5.91 Å². The summed E-state index contributed by atoms with van der Waals surface area (Å²) in [5.41, 5.74) is 13.1. The van der Waals surface area contributed by atoms with Crippen molar-refractivity contribution < 1.29 is 9.59 Å². The van der Waals surface area contributed by atoms with E-state index in [-0.39, 0.29) is 18.4 Å². The van der Waals surface area contributed by atoms with Crippen molar-refractivity contribution in [1.82, 2.24) is 9.55 Å². The molecule has 1 aromatic carbocycles. The van der Waals surface area contributed by atoms with Crippen LogP contribution in [0.3, 0.4) is 0 Å². The molecule has 2 rings (SSSR count). The van der Waals surface area contributed by atoms with Gasteiger partial charge in [-0.2, -0.15) is 0 Å². The van der Waals surface area contributed by atoms with Gasteiger partial charge in [0.25, 0.3) is 5.56 Å². The second-order valence-corrected chi connectivity index (χ2v) is 5.78. The zero-order valence-corrected chi connectivity index (χ0v) is 13.9. The number of nitrogens with zero attached hydrogens (tertiary/aromatic N) is 2. The molecular weight excluding hydrogens is 308 g/mol. The number of primary amides is 1. The number of rotatable bonds is 7. The van der Waals surface area contributed by atoms with Gasteiger partial charge in [0.05, 0.1) is 11.1 Å². The smallest absolute Gasteiger partial charge is 0.262 e. The van der Waals surface area contributed by atoms with Crippen molar-refractivity contribution >= 4 is 28.8 Å². The average Bonchev–Trinajstić information content (AvgIpc) is 2.53. The number of carbonyl (C=O) groups is 2. The van der Waals surface area contributed by atoms with Gasteiger partial charge < -0.3 is 16.3 Å². The number of nitrogen functional groups attached to an aromatic ring is 1. The molecule has 1 atom stereocenters. The number of aldehydes is 1. The number of amides is 1. The number of nitrogens with two attached hydrogens (primary N) is 2. The lowest BCUT2D eigenvalue weighted by Crippen LogP contribution is -2.36. The lowest BCUT2D eigenvalue weighted by Gasteiger charge is -2.19. The maximum absolute atomic E-state index is 12.9. The predicted octanol–water partition coefficient (Wildman–Crippen LogP) is 1.25. The van der Waals surface area contributed by atoms with Crippen molar-refractivity contribution in [2.75, 3.05) is 5.73 Å². The van der Waals surface area contributed by atoms with Gasteiger partial charge in [-0.15, -0.1) is 0 Å². The summed E-state index contributed by atoms with van der Waals surface area (Å²) in [6, 6.07) is 2.59. The Kier molecular flexibility index (Phi) is 5.33. The Bertz CT molecular complexity index is 842. The van der Waals surface area contributed by atoms with Crippen LogP contribution in [0.4, 0.5) is 5.69 Å². The number of hydrogen-bond donors (Lipinski definition) is 2. The summed E-state index contributed by atoms with van der Waals surface area (Å²) in [6.45, 7) is 3.68. The van der Waals surface area contributed by atoms with Gasteiger partial charge in [-0.25, -0.2) is 4.98 Å². The molecule has 0 bridgehead atoms. The molecule has 2 aromatic rings. The van der Waals surface area contributed by atoms with Crippen molar-refractivity contribution in [1.29, 1.82) is 0 Å². The Morgan fingerprint density at radius 3 is 2.71 bits per heavy atom. The van der Waals surface area contributed by atoms with Gasteiger partial charge in [-0.05, 0) is 31.4 Å². The van der Waals surface area contributed by atoms with Crippen LogP contribution in [0.2, 0.25) is 0 Å². The second-order valence-electron chi connectivity index (χ2n) is 5.78. The predicted molar refractivity (Wildman–Crippen MR) is 92.7 cm³/mol. The highest BCUT2D eigenvalue weighted by atomic mass is 16.2. The van der Waals surface area contributed by atoms with E-state index in [4.69, 9.17) is 11.5 Å². The molecule has 0 aliphatic rings. The number of benzene rings is 1. The largest absolute Gasteiger partial charge is 0.397 e. The zero-order valence-electron chi connectivity index (χ0n) is 13.9. The minimum atomic E-state index is -0.906. The Morgan fingerprint density at radius 2 is 2.12 bits per heavy atom. The van der Waals surface area contributed by atoms with E-state index in [0.29, 0.717) is 28.7 Å². The number of aromatic nitrogens is 2. The van der Waals surface area contributed by atoms with E-state index in [1.807, 2.05) is 13.0 Å². The molecule has 0 spiro atoms. The maximum atomic E-state index is 12.9. The molecule has 1 heterocycles. The van der Waals surface area contributed by atoms with Crippen LogP contribution in [0.5, 0.6) is 0 Å². The maximum Gasteiger partial charge on any atom is 0.262 e. The molecule has 0 saturated carbocycles. The normalized spacial score (nSPS) is 12.2. The van der Waals surface area contributed by atoms with E-state index >= 15 is 0 Å². The third kappa shape index (κ3) is 3.15. The Balaban J connectivity index is 2.69. The number of hydrogen-bond acceptors (Lipinski definition) is 5. The quantitative estimate of drug-likeness (QED) is 0.584. The van der Waals surface area contributed by atoms with Crippen LogP contribution >= 0.6 is 0 Å². The highest BCUT2D eigenvalue weighted by Gasteiger charge is 2.23. The lowest BCUT2D eigenvalue weighted by atomic mass is 10.0. The van der Waals surface area contributed by atoms with Gasteiger partial charge in [0.1, 0.15) is 23.7 Å². The molecule has 0 radical (unpaired) electrons. The van der Waals surface area contributed by atoms with E-state index in [0.717, 1.165) is 18.4 Å². The molecule has 0 aliphatic heterocycles. The summed E-state index contributed by atoms with van der Waals surface area (Å²) in [7, 11) is 0. The zero-order chi connectivity index (χ0) is 17.9. The summed E-state index contributed by atoms with van der Waals surface area (Å²) in [6.07, 6.45) is 2.72. The van der Waals surface area contributed by atoms with Crippen LogP contribution in [0.25, 0.3) is 10.9 Å². The SMILES string of the molecule is CCCc1ccc2c(=O)n(C(CCC=O)C(N)=O)c(C)nc2c1N. The van der Waals surface area contributed by atoms with Gasteiger partial charge in [0.15, 0.2) is 0 Å². The molecule has 0 aliphatic carbocycles. The van der Waals surface area contributed by atoms with Crippen LogP contribution in [0.15, 0.2) is 16.9 Å². The first-order valence-electron chi connectivity index (χ1n) is 7.95. The van der Waals surface area contributed by atoms with Crippen LogP contribution in [-0.2, 0) is 16.0 Å². The Morgan fingerprint density at radius 1 is 1.42 bits per heavy atom. The van der Waals surface area contributed by atoms with Crippen molar-refractivity contribution in [3.8, 4) is 0 Å². The first kappa shape index (κ1) is 17.7. The lowest BCUT2D eigenvalue weighted by molar-refractivity contribution is -0.121. The molecule has 24 heavy (non-hydrogen) atoms. The summed E-state index contributed by atoms with van der Waals surface area (Å²) in [5, 5.41) is 0.343. The van der Waals surface area contributed by atoms with Gasteiger partial charge in [-0.3, -0.25) is 14.2 Å². The molecular formula is C17H22N4O3. The van der Waals surface area contributed by atoms with Crippen molar-refractivity contribution in [3.63, 3.8) is 0 Å². The fraction of sp³-hybridized carbons (Fsp3) is 0.412. The highest BCUT2D eigenvalue weighted by Crippen LogP contribution is 2.24. The monoisotopic (exact) mass is 330 g/mol. The fourth-order valence-electron chi connectivity index (χ4n) is 2.91. The first-order valence-corrected chi connectivity index (χ1v) is 7.95. The standard InChI is InChI=1S/C17H22N4O3/c1-3-5-11-7-8-12-15(14(11)18)20-10(2)21(17(12)24)13(16(19)23)6-4-9-22/h7-9,13H,3-6,18H2,1-2H3,(H2,19,23). The summed E-state index contributed by atoms with van der Waals surface area (Å²) < 4.78 is 1.26. The number of anilines is 1. The molecule has 4 N–H and O–H groups in total. The summed E-state index contributed by atoms with van der Waals surface area (Å²) in [4.78, 5) is 39.6. The fourth-order valence-corrected chi connectivity index (χ4v) is 2.91. The average molecular weight is 330 g/mol. The molecule has 1 unspecified atom stereocenters. The van der Waals surface area contributed by atoms with Crippen LogP contribution in [0.1, 0.15) is 43.6 Å². The number of fused-ring (bicyclic) bond motifs is 1. The van der Waals surface area contributed by atoms with Crippen LogP contribution < -0.4 is 17.0 Å². The molecule has 7 nitrogen and oxygen atoms in total. The van der Waals surface area contributed by atoms with Crippen molar-refractivity contribution in [3.05, 3.63) is 33.9 Å². The third-order valence-electron chi connectivity index (χ3n) is 4.10. The second kappa shape index (κ2) is 7.25. The number of carbonyl (C=O) groups excluding carboxylic acids is 2. The molecule has 1 aromatic heterocycles. The summed E-state index contributed by atoms with van der Waals surface area (Å²) >= 11 is 0. The van der Waals surface area contributed by atoms with E-state index < -0.39 is 11.9 Å². The van der Waals surface area contributed by atoms with Crippen molar-refractivity contribution in [2.24, 2.45) is 5.73 Å². The van der Waals surface area contributed by atoms with E-state index in [2.05, 4.69) is 4.98 Å². The molecule has 1 amide bonds. The minimum absolute atomic E-state index is 0.134. The van der Waals surface area contributed by atoms with Gasteiger partial charge in [0, 0.05) is 6.42 Å². The van der Waals surface area contributed by atoms with E-state index in [1.54, 1.807) is 13.0 Å². The summed E-state index contributed by atoms with van der Waals surface area (Å²) in [5.74, 6) is -0.318. The molecule has 0 saturated heterocycles. The Hall–Kier alpha value is -2.70. The molecule has 128 valence electrons. The Labute approximate surface area is 139 Å². The molecule has 7 heteroatoms. The van der Waals surface area contributed by atoms with E-state index in [9.17, 15) is 14.4 Å².